The van der Waals surface area contributed by atoms with Crippen LogP contribution in [0, 0.1) is 11.8 Å². The number of nitrogens with one attached hydrogen (secondary N) is 1. The second kappa shape index (κ2) is 6.06. The van der Waals surface area contributed by atoms with Crippen molar-refractivity contribution in [2.45, 2.75) is 38.3 Å². The fraction of sp³-hybridized carbons (Fsp3) is 0.474. The minimum atomic E-state index is -0.769. The summed E-state index contributed by atoms with van der Waals surface area (Å²) >= 11 is 0. The number of Topliss-reactive ketones (excluding diaryl/α,β-unsaturated/α-hetero) is 1. The average molecular weight is 326 g/mol. The molecule has 3 atom stereocenters. The van der Waals surface area contributed by atoms with Gasteiger partial charge in [0.15, 0.2) is 0 Å². The molecule has 5 heteroatoms. The molecule has 1 amide bonds. The Balaban J connectivity index is 1.51. The van der Waals surface area contributed by atoms with Crippen molar-refractivity contribution in [3.63, 3.8) is 0 Å². The van der Waals surface area contributed by atoms with Crippen molar-refractivity contribution >= 4 is 22.6 Å². The van der Waals surface area contributed by atoms with Crippen molar-refractivity contribution < 1.29 is 14.7 Å². The van der Waals surface area contributed by atoms with Gasteiger partial charge >= 0.3 is 0 Å². The van der Waals surface area contributed by atoms with Crippen LogP contribution < -0.4 is 0 Å². The third-order valence-electron chi connectivity index (χ3n) is 5.54. The molecule has 24 heavy (non-hydrogen) atoms. The van der Waals surface area contributed by atoms with Gasteiger partial charge in [0.05, 0.1) is 5.92 Å². The molecule has 1 aromatic heterocycles. The minimum Gasteiger partial charge on any atom is -0.374 e. The molecule has 1 aliphatic heterocycles. The van der Waals surface area contributed by atoms with Gasteiger partial charge < -0.3 is 15.0 Å². The quantitative estimate of drug-likeness (QED) is 0.850. The molecule has 0 bridgehead atoms. The van der Waals surface area contributed by atoms with E-state index in [1.165, 1.54) is 4.90 Å². The number of rotatable bonds is 3. The van der Waals surface area contributed by atoms with E-state index < -0.39 is 12.1 Å². The Bertz CT molecular complexity index is 782. The Labute approximate surface area is 140 Å². The lowest BCUT2D eigenvalue weighted by atomic mass is 9.73. The predicted molar refractivity (Wildman–Crippen MR) is 90.2 cm³/mol. The van der Waals surface area contributed by atoms with Gasteiger partial charge in [-0.2, -0.15) is 0 Å². The lowest BCUT2D eigenvalue weighted by Gasteiger charge is -2.42. The predicted octanol–water partition coefficient (Wildman–Crippen LogP) is 2.25. The van der Waals surface area contributed by atoms with Gasteiger partial charge in [-0.25, -0.2) is 0 Å². The van der Waals surface area contributed by atoms with E-state index in [4.69, 9.17) is 0 Å². The highest BCUT2D eigenvalue weighted by molar-refractivity contribution is 6.02. The zero-order valence-electron chi connectivity index (χ0n) is 13.6. The Morgan fingerprint density at radius 1 is 1.25 bits per heavy atom. The van der Waals surface area contributed by atoms with E-state index >= 15 is 0 Å². The highest BCUT2D eigenvalue weighted by Crippen LogP contribution is 2.37. The number of amides is 1. The van der Waals surface area contributed by atoms with Crippen LogP contribution in [0.2, 0.25) is 0 Å². The van der Waals surface area contributed by atoms with Crippen LogP contribution in [0.4, 0.5) is 0 Å². The van der Waals surface area contributed by atoms with E-state index in [1.54, 1.807) is 0 Å². The molecule has 1 aromatic carbocycles. The summed E-state index contributed by atoms with van der Waals surface area (Å²) in [5, 5.41) is 11.5. The number of aromatic amines is 1. The average Bonchev–Trinajstić information content (AvgIpc) is 2.98. The third kappa shape index (κ3) is 2.53. The second-order valence-corrected chi connectivity index (χ2v) is 6.95. The van der Waals surface area contributed by atoms with Crippen molar-refractivity contribution in [2.24, 2.45) is 11.8 Å². The number of piperidine rings is 1. The zero-order chi connectivity index (χ0) is 16.7. The van der Waals surface area contributed by atoms with Crippen molar-refractivity contribution in [1.82, 2.24) is 9.88 Å². The number of aliphatic hydroxyl groups is 1. The van der Waals surface area contributed by atoms with E-state index in [0.29, 0.717) is 25.8 Å². The monoisotopic (exact) mass is 326 g/mol. The van der Waals surface area contributed by atoms with Crippen molar-refractivity contribution in [2.75, 3.05) is 6.54 Å². The largest absolute Gasteiger partial charge is 0.374 e. The zero-order valence-corrected chi connectivity index (χ0v) is 13.6. The van der Waals surface area contributed by atoms with Crippen molar-refractivity contribution in [1.29, 1.82) is 0 Å². The van der Waals surface area contributed by atoms with Crippen LogP contribution in [-0.4, -0.2) is 39.5 Å². The number of aromatic nitrogens is 1. The fourth-order valence-corrected chi connectivity index (χ4v) is 4.28. The van der Waals surface area contributed by atoms with Crippen LogP contribution >= 0.6 is 0 Å². The Morgan fingerprint density at radius 2 is 2.08 bits per heavy atom. The van der Waals surface area contributed by atoms with Crippen LogP contribution in [-0.2, 0) is 16.0 Å². The lowest BCUT2D eigenvalue weighted by molar-refractivity contribution is -0.163. The molecule has 1 aliphatic carbocycles. The molecule has 2 fully saturated rings. The number of hydrogen-bond acceptors (Lipinski definition) is 3. The maximum atomic E-state index is 12.7. The number of likely N-dealkylation sites (tertiary alicyclic amines) is 1. The summed E-state index contributed by atoms with van der Waals surface area (Å²) in [5.74, 6) is -0.619. The summed E-state index contributed by atoms with van der Waals surface area (Å²) in [6, 6.07) is 8.04. The third-order valence-corrected chi connectivity index (χ3v) is 5.54. The number of hydrogen-bond donors (Lipinski definition) is 2. The topological polar surface area (TPSA) is 73.4 Å². The van der Waals surface area contributed by atoms with Gasteiger partial charge in [-0.3, -0.25) is 9.59 Å². The molecule has 5 nitrogen and oxygen atoms in total. The first kappa shape index (κ1) is 15.4. The Hall–Kier alpha value is -2.14. The SMILES string of the molecule is O=C1CCCC2CC(O)N(CCc3c[nH]c4ccccc34)C(=O)C12. The van der Waals surface area contributed by atoms with Gasteiger partial charge in [-0.15, -0.1) is 0 Å². The van der Waals surface area contributed by atoms with Crippen LogP contribution in [0.25, 0.3) is 10.9 Å². The number of H-pyrrole nitrogens is 1. The van der Waals surface area contributed by atoms with Crippen LogP contribution in [0.3, 0.4) is 0 Å². The molecule has 0 spiro atoms. The van der Waals surface area contributed by atoms with Crippen molar-refractivity contribution in [3.8, 4) is 0 Å². The minimum absolute atomic E-state index is 0.0260. The van der Waals surface area contributed by atoms with E-state index in [1.807, 2.05) is 24.4 Å². The molecule has 126 valence electrons. The van der Waals surface area contributed by atoms with Gasteiger partial charge in [0, 0.05) is 30.1 Å². The van der Waals surface area contributed by atoms with Gasteiger partial charge in [-0.1, -0.05) is 18.2 Å². The molecule has 2 heterocycles. The molecule has 1 saturated carbocycles. The maximum Gasteiger partial charge on any atom is 0.235 e. The molecule has 0 radical (unpaired) electrons. The summed E-state index contributed by atoms with van der Waals surface area (Å²) in [7, 11) is 0. The fourth-order valence-electron chi connectivity index (χ4n) is 4.28. The number of ketones is 1. The number of aliphatic hydroxyl groups excluding tert-OH is 1. The van der Waals surface area contributed by atoms with Gasteiger partial charge in [0.25, 0.3) is 0 Å². The summed E-state index contributed by atoms with van der Waals surface area (Å²) in [4.78, 5) is 29.6. The van der Waals surface area contributed by atoms with E-state index in [-0.39, 0.29) is 17.6 Å². The van der Waals surface area contributed by atoms with E-state index in [0.717, 1.165) is 29.3 Å². The van der Waals surface area contributed by atoms with Crippen LogP contribution in [0.1, 0.15) is 31.2 Å². The molecular weight excluding hydrogens is 304 g/mol. The molecule has 3 unspecified atom stereocenters. The molecular formula is C19H22N2O3. The summed E-state index contributed by atoms with van der Waals surface area (Å²) in [5.41, 5.74) is 2.20. The first-order chi connectivity index (χ1) is 11.6. The number of carbonyl (C=O) groups is 2. The number of benzene rings is 1. The van der Waals surface area contributed by atoms with E-state index in [2.05, 4.69) is 11.1 Å². The highest BCUT2D eigenvalue weighted by Gasteiger charge is 2.45. The maximum absolute atomic E-state index is 12.7. The lowest BCUT2D eigenvalue weighted by Crippen LogP contribution is -2.55. The standard InChI is InChI=1S/C19H22N2O3/c22-16-7-3-4-12-10-17(23)21(19(24)18(12)16)9-8-13-11-20-15-6-2-1-5-14(13)15/h1-2,5-6,11-12,17-18,20,23H,3-4,7-10H2. The van der Waals surface area contributed by atoms with Gasteiger partial charge in [-0.05, 0) is 43.2 Å². The molecule has 4 rings (SSSR count). The Morgan fingerprint density at radius 3 is 2.96 bits per heavy atom. The van der Waals surface area contributed by atoms with Crippen LogP contribution in [0.15, 0.2) is 30.5 Å². The molecule has 1 saturated heterocycles. The highest BCUT2D eigenvalue weighted by atomic mass is 16.3. The second-order valence-electron chi connectivity index (χ2n) is 6.95. The first-order valence-electron chi connectivity index (χ1n) is 8.71. The normalized spacial score (nSPS) is 27.5. The van der Waals surface area contributed by atoms with E-state index in [9.17, 15) is 14.7 Å². The smallest absolute Gasteiger partial charge is 0.235 e. The van der Waals surface area contributed by atoms with Gasteiger partial charge in [0.1, 0.15) is 12.0 Å². The first-order valence-corrected chi connectivity index (χ1v) is 8.71. The van der Waals surface area contributed by atoms with Gasteiger partial charge in [0.2, 0.25) is 5.91 Å². The summed E-state index contributed by atoms with van der Waals surface area (Å²) in [6.07, 6.45) is 4.59. The van der Waals surface area contributed by atoms with Crippen LogP contribution in [0.5, 0.6) is 0 Å². The summed E-state index contributed by atoms with van der Waals surface area (Å²) < 4.78 is 0. The summed E-state index contributed by atoms with van der Waals surface area (Å²) in [6.45, 7) is 0.443. The number of fused-ring (bicyclic) bond motifs is 2. The molecule has 2 N–H and O–H groups in total. The Kier molecular flexibility index (Phi) is 3.88. The van der Waals surface area contributed by atoms with Crippen molar-refractivity contribution in [3.05, 3.63) is 36.0 Å². The number of carbonyl (C=O) groups excluding carboxylic acids is 2. The number of para-hydroxylation sites is 1. The molecule has 2 aliphatic rings. The molecule has 2 aromatic rings. The number of nitrogens with zero attached hydrogens (tertiary/aromatic N) is 1.